The molecule has 2 fully saturated rings. The van der Waals surface area contributed by atoms with Gasteiger partial charge >= 0.3 is 0 Å². The standard InChI is InChI=1S/C24H33N3O4S/c1-30-24-10-6-9-23(25-24)27-16-15-21(26-32(2,28)29)22(27)17-31-20-13-11-19(12-14-20)18-7-4-3-5-8-18/h3-10,19-22,26H,11-17H2,1-2H3/t19-,20+,21-,22-/m0/s1. The third kappa shape index (κ3) is 5.79. The fourth-order valence-corrected chi connectivity index (χ4v) is 5.78. The van der Waals surface area contributed by atoms with Crippen LogP contribution in [0.3, 0.4) is 0 Å². The summed E-state index contributed by atoms with van der Waals surface area (Å²) in [6.45, 7) is 1.18. The Kier molecular flexibility index (Phi) is 7.33. The van der Waals surface area contributed by atoms with E-state index < -0.39 is 10.0 Å². The molecule has 0 unspecified atom stereocenters. The molecule has 32 heavy (non-hydrogen) atoms. The first-order valence-corrected chi connectivity index (χ1v) is 13.2. The summed E-state index contributed by atoms with van der Waals surface area (Å²) in [4.78, 5) is 6.70. The average molecular weight is 460 g/mol. The predicted octanol–water partition coefficient (Wildman–Crippen LogP) is 3.33. The topological polar surface area (TPSA) is 80.8 Å². The van der Waals surface area contributed by atoms with E-state index in [1.165, 1.54) is 11.8 Å². The fourth-order valence-electron chi connectivity index (χ4n) is 4.96. The highest BCUT2D eigenvalue weighted by Crippen LogP contribution is 2.34. The zero-order valence-electron chi connectivity index (χ0n) is 18.8. The number of pyridine rings is 1. The summed E-state index contributed by atoms with van der Waals surface area (Å²) in [5.74, 6) is 1.92. The van der Waals surface area contributed by atoms with Gasteiger partial charge < -0.3 is 14.4 Å². The highest BCUT2D eigenvalue weighted by atomic mass is 32.2. The summed E-state index contributed by atoms with van der Waals surface area (Å²) in [6, 6.07) is 16.0. The first kappa shape index (κ1) is 23.0. The Morgan fingerprint density at radius 1 is 1.03 bits per heavy atom. The van der Waals surface area contributed by atoms with Crippen LogP contribution in [0.1, 0.15) is 43.6 Å². The first-order chi connectivity index (χ1) is 15.4. The number of rotatable bonds is 8. The molecule has 1 aromatic carbocycles. The molecular formula is C24H33N3O4S. The van der Waals surface area contributed by atoms with E-state index in [4.69, 9.17) is 9.47 Å². The van der Waals surface area contributed by atoms with Crippen molar-refractivity contribution in [2.75, 3.05) is 31.4 Å². The van der Waals surface area contributed by atoms with Crippen molar-refractivity contribution in [3.8, 4) is 5.88 Å². The summed E-state index contributed by atoms with van der Waals surface area (Å²) in [7, 11) is -1.72. The van der Waals surface area contributed by atoms with Crippen molar-refractivity contribution in [1.29, 1.82) is 0 Å². The van der Waals surface area contributed by atoms with E-state index in [1.54, 1.807) is 7.11 Å². The van der Waals surface area contributed by atoms with E-state index >= 15 is 0 Å². The van der Waals surface area contributed by atoms with Gasteiger partial charge in [0.25, 0.3) is 0 Å². The van der Waals surface area contributed by atoms with Crippen molar-refractivity contribution in [3.63, 3.8) is 0 Å². The highest BCUT2D eigenvalue weighted by molar-refractivity contribution is 7.88. The number of nitrogens with zero attached hydrogens (tertiary/aromatic N) is 2. The van der Waals surface area contributed by atoms with Gasteiger partial charge in [0, 0.05) is 18.7 Å². The molecule has 0 bridgehead atoms. The lowest BCUT2D eigenvalue weighted by Crippen LogP contribution is -2.48. The van der Waals surface area contributed by atoms with Gasteiger partial charge in [-0.3, -0.25) is 0 Å². The molecule has 8 heteroatoms. The quantitative estimate of drug-likeness (QED) is 0.652. The minimum absolute atomic E-state index is 0.115. The zero-order chi connectivity index (χ0) is 22.6. The maximum Gasteiger partial charge on any atom is 0.214 e. The van der Waals surface area contributed by atoms with E-state index in [0.717, 1.165) is 31.5 Å². The van der Waals surface area contributed by atoms with Crippen LogP contribution in [0.5, 0.6) is 5.88 Å². The van der Waals surface area contributed by atoms with Crippen LogP contribution in [0.2, 0.25) is 0 Å². The van der Waals surface area contributed by atoms with Gasteiger partial charge in [0.15, 0.2) is 0 Å². The Bertz CT molecular complexity index is 978. The van der Waals surface area contributed by atoms with Crippen molar-refractivity contribution >= 4 is 15.8 Å². The maximum atomic E-state index is 11.9. The lowest BCUT2D eigenvalue weighted by Gasteiger charge is -2.33. The smallest absolute Gasteiger partial charge is 0.214 e. The molecule has 0 amide bonds. The molecule has 4 rings (SSSR count). The number of hydrogen-bond donors (Lipinski definition) is 1. The normalized spacial score (nSPS) is 26.2. The van der Waals surface area contributed by atoms with Crippen LogP contribution >= 0.6 is 0 Å². The van der Waals surface area contributed by atoms with Crippen molar-refractivity contribution in [2.24, 2.45) is 0 Å². The second-order valence-corrected chi connectivity index (χ2v) is 10.6. The minimum atomic E-state index is -3.32. The Labute approximate surface area is 191 Å². The molecule has 2 atom stereocenters. The van der Waals surface area contributed by atoms with Crippen molar-refractivity contribution in [2.45, 2.75) is 56.2 Å². The van der Waals surface area contributed by atoms with Crippen LogP contribution in [0.25, 0.3) is 0 Å². The average Bonchev–Trinajstić information content (AvgIpc) is 3.19. The summed E-state index contributed by atoms with van der Waals surface area (Å²) in [6.07, 6.45) is 6.40. The molecule has 1 saturated heterocycles. The molecule has 7 nitrogen and oxygen atoms in total. The Balaban J connectivity index is 1.41. The van der Waals surface area contributed by atoms with Crippen molar-refractivity contribution in [3.05, 3.63) is 54.1 Å². The lowest BCUT2D eigenvalue weighted by atomic mass is 9.83. The third-order valence-corrected chi connectivity index (χ3v) is 7.30. The van der Waals surface area contributed by atoms with Gasteiger partial charge in [0.1, 0.15) is 5.82 Å². The van der Waals surface area contributed by atoms with Gasteiger partial charge in [0.05, 0.1) is 32.1 Å². The van der Waals surface area contributed by atoms with Crippen LogP contribution in [0.15, 0.2) is 48.5 Å². The van der Waals surface area contributed by atoms with Crippen LogP contribution in [0.4, 0.5) is 5.82 Å². The molecule has 2 aliphatic rings. The first-order valence-electron chi connectivity index (χ1n) is 11.3. The predicted molar refractivity (Wildman–Crippen MR) is 126 cm³/mol. The number of nitrogens with one attached hydrogen (secondary N) is 1. The minimum Gasteiger partial charge on any atom is -0.481 e. The molecule has 1 saturated carbocycles. The number of aromatic nitrogens is 1. The molecule has 1 aromatic heterocycles. The number of ether oxygens (including phenoxy) is 2. The summed E-state index contributed by atoms with van der Waals surface area (Å²) in [5.41, 5.74) is 1.41. The van der Waals surface area contributed by atoms with E-state index in [2.05, 4.69) is 44.9 Å². The van der Waals surface area contributed by atoms with Gasteiger partial charge in [-0.1, -0.05) is 36.4 Å². The number of sulfonamides is 1. The number of anilines is 1. The number of hydrogen-bond acceptors (Lipinski definition) is 6. The van der Waals surface area contributed by atoms with Crippen LogP contribution in [-0.2, 0) is 14.8 Å². The van der Waals surface area contributed by atoms with Gasteiger partial charge in [-0.25, -0.2) is 13.1 Å². The van der Waals surface area contributed by atoms with Crippen molar-refractivity contribution in [1.82, 2.24) is 9.71 Å². The summed E-state index contributed by atoms with van der Waals surface area (Å²) in [5, 5.41) is 0. The number of benzene rings is 1. The van der Waals surface area contributed by atoms with E-state index in [0.29, 0.717) is 31.4 Å². The van der Waals surface area contributed by atoms with Crippen molar-refractivity contribution < 1.29 is 17.9 Å². The summed E-state index contributed by atoms with van der Waals surface area (Å²) >= 11 is 0. The fraction of sp³-hybridized carbons (Fsp3) is 0.542. The molecule has 174 valence electrons. The maximum absolute atomic E-state index is 11.9. The van der Waals surface area contributed by atoms with Gasteiger partial charge in [-0.2, -0.15) is 4.98 Å². The van der Waals surface area contributed by atoms with Crippen LogP contribution in [-0.4, -0.2) is 58.1 Å². The lowest BCUT2D eigenvalue weighted by molar-refractivity contribution is 0.0156. The monoisotopic (exact) mass is 459 g/mol. The molecule has 0 spiro atoms. The van der Waals surface area contributed by atoms with E-state index in [9.17, 15) is 8.42 Å². The Morgan fingerprint density at radius 3 is 2.47 bits per heavy atom. The second kappa shape index (κ2) is 10.2. The van der Waals surface area contributed by atoms with E-state index in [1.807, 2.05) is 18.2 Å². The van der Waals surface area contributed by atoms with Crippen LogP contribution in [0, 0.1) is 0 Å². The molecule has 2 heterocycles. The molecule has 1 aliphatic heterocycles. The van der Waals surface area contributed by atoms with Crippen LogP contribution < -0.4 is 14.4 Å². The Morgan fingerprint density at radius 2 is 1.78 bits per heavy atom. The molecule has 0 radical (unpaired) electrons. The SMILES string of the molecule is COc1cccc(N2CC[C@H](NS(C)(=O)=O)[C@@H]2CO[C@H]2CC[C@@H](c3ccccc3)CC2)n1. The molecular weight excluding hydrogens is 426 g/mol. The Hall–Kier alpha value is -2.16. The second-order valence-electron chi connectivity index (χ2n) is 8.80. The third-order valence-electron chi connectivity index (χ3n) is 6.57. The summed E-state index contributed by atoms with van der Waals surface area (Å²) < 4.78 is 38.3. The van der Waals surface area contributed by atoms with Gasteiger partial charge in [-0.15, -0.1) is 0 Å². The molecule has 1 aliphatic carbocycles. The van der Waals surface area contributed by atoms with Gasteiger partial charge in [0.2, 0.25) is 15.9 Å². The largest absolute Gasteiger partial charge is 0.481 e. The molecule has 1 N–H and O–H groups in total. The molecule has 2 aromatic rings. The van der Waals surface area contributed by atoms with E-state index in [-0.39, 0.29) is 18.2 Å². The zero-order valence-corrected chi connectivity index (χ0v) is 19.6. The highest BCUT2D eigenvalue weighted by Gasteiger charge is 2.37. The number of methoxy groups -OCH3 is 1. The van der Waals surface area contributed by atoms with Gasteiger partial charge in [-0.05, 0) is 49.7 Å².